The number of esters is 5. The number of aromatic nitrogens is 12. The van der Waals surface area contributed by atoms with E-state index in [1.807, 2.05) is 57.2 Å². The molecule has 11 rings (SSSR count). The number of nitro groups is 1. The smallest absolute Gasteiger partial charge is 0.332 e. The molecular formula is C77H111BrCl2IN13O12. The van der Waals surface area contributed by atoms with E-state index < -0.39 is 25.0 Å². The van der Waals surface area contributed by atoms with Crippen molar-refractivity contribution in [3.63, 3.8) is 0 Å². The molecule has 106 heavy (non-hydrogen) atoms. The summed E-state index contributed by atoms with van der Waals surface area (Å²) in [5.41, 5.74) is 5.26. The third kappa shape index (κ3) is 23.4. The van der Waals surface area contributed by atoms with Gasteiger partial charge in [-0.15, -0.1) is 23.2 Å². The molecule has 4 aliphatic carbocycles. The maximum absolute atomic E-state index is 12.7. The lowest BCUT2D eigenvalue weighted by Crippen LogP contribution is -2.39. The highest BCUT2D eigenvalue weighted by atomic mass is 127. The first kappa shape index (κ1) is 84.4. The predicted molar refractivity (Wildman–Crippen MR) is 424 cm³/mol. The molecule has 0 amide bonds. The molecule has 0 spiro atoms. The molecule has 11 atom stereocenters. The Morgan fingerprint density at radius 3 is 1.50 bits per heavy atom. The lowest BCUT2D eigenvalue weighted by molar-refractivity contribution is -0.385. The Morgan fingerprint density at radius 1 is 0.575 bits per heavy atom. The average Bonchev–Trinajstić information content (AvgIpc) is 1.57. The van der Waals surface area contributed by atoms with E-state index >= 15 is 0 Å². The number of H-pyrrole nitrogens is 4. The summed E-state index contributed by atoms with van der Waals surface area (Å²) in [4.78, 5) is 88.4. The van der Waals surface area contributed by atoms with Crippen molar-refractivity contribution < 1.29 is 58.3 Å². The molecule has 584 valence electrons. The number of aromatic amines is 4. The zero-order valence-corrected chi connectivity index (χ0v) is 68.5. The van der Waals surface area contributed by atoms with E-state index in [2.05, 4.69) is 174 Å². The summed E-state index contributed by atoms with van der Waals surface area (Å²) in [6.07, 6.45) is 8.62. The SMILES string of the molecule is CC(=O)OCC1CC(C)C(OC(=O)Cc2n[nH]c(C)n2)C(C)C1.CCc1ccc(-c2n[nH]c(C(Br)C(=O)OC3C(C)CC(C)CC3C)n2)cc1.Cc1ccc(-c2n[nH]c(C(Cl)C(=O)OC3C(C)CC(CCl)CC3C)n2)cc1[N+](=O)[O-].Cc1ccc(-c2n[nH]c(C(I)C(=O)OC3C(C)CC(C)CC3C)n2)cc1.[HH].[HH].[HH].[HH]. The van der Waals surface area contributed by atoms with Gasteiger partial charge in [-0.25, -0.2) is 24.7 Å². The van der Waals surface area contributed by atoms with Crippen molar-refractivity contribution in [2.24, 2.45) is 71.0 Å². The van der Waals surface area contributed by atoms with Gasteiger partial charge in [0.1, 0.15) is 48.3 Å². The van der Waals surface area contributed by atoms with E-state index in [-0.39, 0.29) is 101 Å². The summed E-state index contributed by atoms with van der Waals surface area (Å²) in [7, 11) is 0. The highest BCUT2D eigenvalue weighted by molar-refractivity contribution is 14.1. The number of nitrogens with one attached hydrogen (secondary N) is 4. The van der Waals surface area contributed by atoms with Crippen molar-refractivity contribution in [1.82, 2.24) is 60.7 Å². The van der Waals surface area contributed by atoms with Crippen LogP contribution < -0.4 is 0 Å². The van der Waals surface area contributed by atoms with Gasteiger partial charge in [-0.2, -0.15) is 20.4 Å². The molecular weight excluding hydrogens is 1580 g/mol. The van der Waals surface area contributed by atoms with Crippen LogP contribution >= 0.6 is 61.7 Å². The topological polar surface area (TPSA) is 341 Å². The Bertz CT molecular complexity index is 4020. The number of hydrogen-bond donors (Lipinski definition) is 4. The summed E-state index contributed by atoms with van der Waals surface area (Å²) in [6, 6.07) is 20.8. The number of hydrogen-bond acceptors (Lipinski definition) is 20. The largest absolute Gasteiger partial charge is 0.466 e. The van der Waals surface area contributed by atoms with E-state index in [1.54, 1.807) is 26.0 Å². The van der Waals surface area contributed by atoms with Gasteiger partial charge >= 0.3 is 29.8 Å². The summed E-state index contributed by atoms with van der Waals surface area (Å²) in [5, 5.41) is 37.6. The van der Waals surface area contributed by atoms with Gasteiger partial charge < -0.3 is 23.7 Å². The van der Waals surface area contributed by atoms with Crippen molar-refractivity contribution in [1.29, 1.82) is 0 Å². The molecule has 4 aromatic heterocycles. The van der Waals surface area contributed by atoms with Gasteiger partial charge in [-0.05, 0) is 155 Å². The minimum Gasteiger partial charge on any atom is -0.466 e. The summed E-state index contributed by atoms with van der Waals surface area (Å²) >= 11 is 17.8. The first-order chi connectivity index (χ1) is 50.3. The Morgan fingerprint density at radius 2 is 1.01 bits per heavy atom. The first-order valence-corrected chi connectivity index (χ1v) is 39.9. The monoisotopic (exact) mass is 1690 g/mol. The van der Waals surface area contributed by atoms with Gasteiger partial charge in [0.2, 0.25) is 0 Å². The Hall–Kier alpha value is -7.24. The van der Waals surface area contributed by atoms with Crippen LogP contribution in [0.1, 0.15) is 200 Å². The fourth-order valence-electron chi connectivity index (χ4n) is 15.6. The number of benzene rings is 3. The number of nitrogens with zero attached hydrogens (tertiary/aromatic N) is 9. The number of nitro benzene ring substituents is 1. The zero-order valence-electron chi connectivity index (χ0n) is 63.2. The fraction of sp³-hybridized carbons (Fsp3) is 0.597. The van der Waals surface area contributed by atoms with E-state index in [1.165, 1.54) is 24.1 Å². The van der Waals surface area contributed by atoms with Gasteiger partial charge in [0.15, 0.2) is 43.3 Å². The number of ether oxygens (including phenoxy) is 5. The second-order valence-corrected chi connectivity index (χ2v) is 33.1. The van der Waals surface area contributed by atoms with E-state index in [4.69, 9.17) is 46.9 Å². The second kappa shape index (κ2) is 39.2. The first-order valence-electron chi connectivity index (χ1n) is 36.8. The third-order valence-electron chi connectivity index (χ3n) is 20.6. The van der Waals surface area contributed by atoms with Gasteiger partial charge in [0.05, 0.1) is 11.5 Å². The molecule has 29 heteroatoms. The maximum Gasteiger partial charge on any atom is 0.332 e. The van der Waals surface area contributed by atoms with Crippen molar-refractivity contribution in [3.8, 4) is 34.2 Å². The van der Waals surface area contributed by atoms with Gasteiger partial charge in [0, 0.05) is 46.8 Å². The molecule has 4 N–H and O–H groups in total. The molecule has 4 heterocycles. The van der Waals surface area contributed by atoms with Crippen LogP contribution in [0, 0.1) is 102 Å². The predicted octanol–water partition coefficient (Wildman–Crippen LogP) is 17.6. The molecule has 0 saturated heterocycles. The average molecular weight is 1690 g/mol. The van der Waals surface area contributed by atoms with E-state index in [0.717, 1.165) is 68.9 Å². The quantitative estimate of drug-likeness (QED) is 0.0137. The van der Waals surface area contributed by atoms with Crippen LogP contribution in [0.2, 0.25) is 0 Å². The number of rotatable bonds is 20. The van der Waals surface area contributed by atoms with E-state index in [9.17, 15) is 34.1 Å². The Kier molecular flexibility index (Phi) is 31.2. The van der Waals surface area contributed by atoms with Crippen LogP contribution in [0.5, 0.6) is 0 Å². The molecule has 4 saturated carbocycles. The zero-order chi connectivity index (χ0) is 77.4. The summed E-state index contributed by atoms with van der Waals surface area (Å²) in [5.74, 6) is 7.07. The van der Waals surface area contributed by atoms with Gasteiger partial charge in [-0.1, -0.05) is 181 Å². The lowest BCUT2D eigenvalue weighted by atomic mass is 9.74. The van der Waals surface area contributed by atoms with Crippen molar-refractivity contribution in [2.45, 2.75) is 207 Å². The van der Waals surface area contributed by atoms with Crippen LogP contribution in [0.4, 0.5) is 5.69 Å². The second-order valence-electron chi connectivity index (χ2n) is 30.2. The number of carbonyl (C=O) groups excluding carboxylic acids is 5. The van der Waals surface area contributed by atoms with Crippen molar-refractivity contribution in [3.05, 3.63) is 123 Å². The normalized spacial score (nSPS) is 26.4. The van der Waals surface area contributed by atoms with Crippen LogP contribution in [-0.2, 0) is 60.5 Å². The minimum absolute atomic E-state index is 0. The molecule has 0 radical (unpaired) electrons. The standard InChI is InChI=1S/C21H28BrN3O2.C20H24Cl2N4O4.C20H26IN3O2.C16H25N3O4.4H2/c1-5-15-6-8-16(9-7-15)19-23-20(25-24-19)17(22)21(26)27-18-13(3)10-12(2)11-14(18)4;1-10-4-5-14(8-15(10)26(28)29)18-23-19(25-24-18)16(22)20(27)30-17-11(2)6-13(9-21)7-12(17)3;1-11-5-7-15(8-6-11)18-22-19(24-23-18)16(21)20(25)26-17-13(3)9-12(2)10-14(17)4;1-9-5-13(8-22-12(4)20)6-10(2)16(9)23-15(21)7-14-17-11(3)18-19-14;;;;/h6-9,12-14,17-18H,5,10-11H2,1-4H3,(H,23,24,25);4-5,8,11-13,16-17H,6-7,9H2,1-3H3,(H,23,24,25);5-8,12-14,16-17H,9-10H2,1-4H3,(H,22,23,24);9-10,13,16H,5-8H2,1-4H3,(H,17,18,19);4*1H. The molecule has 0 bridgehead atoms. The molecule has 4 aliphatic rings. The highest BCUT2D eigenvalue weighted by Crippen LogP contribution is 2.41. The third-order valence-corrected chi connectivity index (χ3v) is 23.3. The molecule has 7 aromatic rings. The lowest BCUT2D eigenvalue weighted by Gasteiger charge is -2.38. The van der Waals surface area contributed by atoms with E-state index in [0.29, 0.717) is 106 Å². The molecule has 11 unspecified atom stereocenters. The maximum atomic E-state index is 12.7. The number of halogens is 4. The van der Waals surface area contributed by atoms with Gasteiger partial charge in [-0.3, -0.25) is 49.7 Å². The molecule has 4 fully saturated rings. The Labute approximate surface area is 659 Å². The fourth-order valence-corrected chi connectivity index (χ4v) is 16.7. The molecule has 0 aliphatic heterocycles. The highest BCUT2D eigenvalue weighted by Gasteiger charge is 2.41. The van der Waals surface area contributed by atoms with Crippen LogP contribution in [0.25, 0.3) is 34.2 Å². The van der Waals surface area contributed by atoms with Crippen molar-refractivity contribution >= 4 is 97.3 Å². The molecule has 25 nitrogen and oxygen atoms in total. The van der Waals surface area contributed by atoms with Crippen LogP contribution in [0.3, 0.4) is 0 Å². The Balaban J connectivity index is 0.000000307. The summed E-state index contributed by atoms with van der Waals surface area (Å²) < 4.78 is 27.7. The molecule has 3 aromatic carbocycles. The van der Waals surface area contributed by atoms with Gasteiger partial charge in [0.25, 0.3) is 5.69 Å². The van der Waals surface area contributed by atoms with Crippen LogP contribution in [0.15, 0.2) is 66.7 Å². The minimum atomic E-state index is -1.16. The van der Waals surface area contributed by atoms with Crippen molar-refractivity contribution in [2.75, 3.05) is 12.5 Å². The summed E-state index contributed by atoms with van der Waals surface area (Å²) in [6.45, 7) is 30.9. The number of aryl methyl sites for hydroxylation is 4. The number of carbonyl (C=O) groups is 5. The number of alkyl halides is 4. The van der Waals surface area contributed by atoms with Crippen LogP contribution in [-0.4, -0.2) is 132 Å².